The summed E-state index contributed by atoms with van der Waals surface area (Å²) in [5.74, 6) is 0. The summed E-state index contributed by atoms with van der Waals surface area (Å²) in [5, 5.41) is 4.93. The molecule has 0 atom stereocenters. The number of anilines is 1. The van der Waals surface area contributed by atoms with Crippen LogP contribution in [-0.4, -0.2) is 24.6 Å². The highest BCUT2D eigenvalue weighted by Crippen LogP contribution is 2.21. The number of nitrogens with one attached hydrogen (secondary N) is 1. The first kappa shape index (κ1) is 13.5. The SMILES string of the molecule is C=C(Cl)CNCc1cnc(N(CC)CC)s1. The molecule has 0 amide bonds. The van der Waals surface area contributed by atoms with E-state index in [-0.39, 0.29) is 0 Å². The number of nitrogens with zero attached hydrogens (tertiary/aromatic N) is 2. The predicted octanol–water partition coefficient (Wildman–Crippen LogP) is 2.83. The molecule has 16 heavy (non-hydrogen) atoms. The van der Waals surface area contributed by atoms with Crippen molar-refractivity contribution in [1.82, 2.24) is 10.3 Å². The maximum absolute atomic E-state index is 5.67. The van der Waals surface area contributed by atoms with Gasteiger partial charge in [0.2, 0.25) is 0 Å². The molecule has 0 aromatic carbocycles. The highest BCUT2D eigenvalue weighted by atomic mass is 35.5. The van der Waals surface area contributed by atoms with E-state index in [1.54, 1.807) is 11.3 Å². The summed E-state index contributed by atoms with van der Waals surface area (Å²) in [6.45, 7) is 11.3. The van der Waals surface area contributed by atoms with Crippen LogP contribution in [0.5, 0.6) is 0 Å². The largest absolute Gasteiger partial charge is 0.349 e. The standard InChI is InChI=1S/C11H18ClN3S/c1-4-15(5-2)11-14-8-10(16-11)7-13-6-9(3)12/h8,13H,3-7H2,1-2H3. The molecule has 0 aliphatic carbocycles. The van der Waals surface area contributed by atoms with E-state index in [2.05, 4.69) is 35.6 Å². The van der Waals surface area contributed by atoms with Gasteiger partial charge in [0.25, 0.3) is 0 Å². The first-order chi connectivity index (χ1) is 7.67. The minimum atomic E-state index is 0.633. The van der Waals surface area contributed by atoms with E-state index in [0.29, 0.717) is 11.6 Å². The fourth-order valence-corrected chi connectivity index (χ4v) is 2.44. The summed E-state index contributed by atoms with van der Waals surface area (Å²) >= 11 is 7.39. The lowest BCUT2D eigenvalue weighted by Gasteiger charge is -2.16. The molecule has 0 aliphatic heterocycles. The topological polar surface area (TPSA) is 28.2 Å². The molecule has 0 saturated heterocycles. The van der Waals surface area contributed by atoms with Gasteiger partial charge in [-0.1, -0.05) is 18.2 Å². The lowest BCUT2D eigenvalue weighted by Crippen LogP contribution is -2.21. The van der Waals surface area contributed by atoms with E-state index in [9.17, 15) is 0 Å². The Bertz CT molecular complexity index is 334. The first-order valence-electron chi connectivity index (χ1n) is 5.41. The van der Waals surface area contributed by atoms with Crippen LogP contribution in [0.2, 0.25) is 0 Å². The number of thiazole rings is 1. The van der Waals surface area contributed by atoms with Crippen LogP contribution in [0.15, 0.2) is 17.8 Å². The van der Waals surface area contributed by atoms with E-state index in [1.165, 1.54) is 4.88 Å². The summed E-state index contributed by atoms with van der Waals surface area (Å²) in [6, 6.07) is 0. The molecular formula is C11H18ClN3S. The molecule has 1 rings (SSSR count). The Kier molecular flexibility index (Phi) is 5.80. The Morgan fingerprint density at radius 1 is 1.56 bits per heavy atom. The molecule has 0 aliphatic rings. The molecule has 0 bridgehead atoms. The van der Waals surface area contributed by atoms with Crippen molar-refractivity contribution in [1.29, 1.82) is 0 Å². The minimum absolute atomic E-state index is 0.633. The van der Waals surface area contributed by atoms with E-state index in [4.69, 9.17) is 11.6 Å². The Morgan fingerprint density at radius 3 is 2.81 bits per heavy atom. The van der Waals surface area contributed by atoms with Gasteiger partial charge in [-0.05, 0) is 13.8 Å². The van der Waals surface area contributed by atoms with Gasteiger partial charge in [0.05, 0.1) is 0 Å². The van der Waals surface area contributed by atoms with Crippen LogP contribution in [0.4, 0.5) is 5.13 Å². The Hall–Kier alpha value is -0.580. The molecule has 1 heterocycles. The van der Waals surface area contributed by atoms with Crippen molar-refractivity contribution < 1.29 is 0 Å². The van der Waals surface area contributed by atoms with Crippen LogP contribution in [0.1, 0.15) is 18.7 Å². The highest BCUT2D eigenvalue weighted by molar-refractivity contribution is 7.15. The number of aromatic nitrogens is 1. The smallest absolute Gasteiger partial charge is 0.185 e. The van der Waals surface area contributed by atoms with Gasteiger partial charge in [-0.3, -0.25) is 0 Å². The summed E-state index contributed by atoms with van der Waals surface area (Å²) < 4.78 is 0. The molecule has 1 aromatic heterocycles. The molecule has 90 valence electrons. The zero-order valence-corrected chi connectivity index (χ0v) is 11.4. The lowest BCUT2D eigenvalue weighted by atomic mass is 10.5. The Balaban J connectivity index is 2.47. The van der Waals surface area contributed by atoms with Gasteiger partial charge < -0.3 is 10.2 Å². The fourth-order valence-electron chi connectivity index (χ4n) is 1.34. The van der Waals surface area contributed by atoms with Crippen molar-refractivity contribution >= 4 is 28.1 Å². The highest BCUT2D eigenvalue weighted by Gasteiger charge is 2.07. The zero-order valence-electron chi connectivity index (χ0n) is 9.79. The van der Waals surface area contributed by atoms with Crippen molar-refractivity contribution in [3.8, 4) is 0 Å². The number of hydrogen-bond acceptors (Lipinski definition) is 4. The van der Waals surface area contributed by atoms with Crippen molar-refractivity contribution in [3.05, 3.63) is 22.7 Å². The second-order valence-electron chi connectivity index (χ2n) is 3.40. The molecular weight excluding hydrogens is 242 g/mol. The quantitative estimate of drug-likeness (QED) is 0.816. The Labute approximate surface area is 106 Å². The van der Waals surface area contributed by atoms with Crippen molar-refractivity contribution in [2.24, 2.45) is 0 Å². The molecule has 5 heteroatoms. The molecule has 3 nitrogen and oxygen atoms in total. The van der Waals surface area contributed by atoms with Crippen LogP contribution < -0.4 is 10.2 Å². The molecule has 0 radical (unpaired) electrons. The third-order valence-corrected chi connectivity index (χ3v) is 3.38. The number of hydrogen-bond donors (Lipinski definition) is 1. The van der Waals surface area contributed by atoms with Gasteiger partial charge in [0.15, 0.2) is 5.13 Å². The molecule has 1 aromatic rings. The summed E-state index contributed by atoms with van der Waals surface area (Å²) in [4.78, 5) is 7.87. The van der Waals surface area contributed by atoms with Gasteiger partial charge in [0, 0.05) is 42.3 Å². The first-order valence-corrected chi connectivity index (χ1v) is 6.60. The third kappa shape index (κ3) is 4.12. The van der Waals surface area contributed by atoms with Crippen LogP contribution in [-0.2, 0) is 6.54 Å². The van der Waals surface area contributed by atoms with E-state index in [1.807, 2.05) is 6.20 Å². The van der Waals surface area contributed by atoms with Crippen molar-refractivity contribution in [2.75, 3.05) is 24.5 Å². The molecule has 0 fully saturated rings. The zero-order chi connectivity index (χ0) is 12.0. The second-order valence-corrected chi connectivity index (χ2v) is 5.03. The summed E-state index contributed by atoms with van der Waals surface area (Å²) in [5.41, 5.74) is 0. The monoisotopic (exact) mass is 259 g/mol. The molecule has 0 unspecified atom stereocenters. The van der Waals surface area contributed by atoms with Crippen LogP contribution in [0.3, 0.4) is 0 Å². The van der Waals surface area contributed by atoms with E-state index in [0.717, 1.165) is 24.8 Å². The third-order valence-electron chi connectivity index (χ3n) is 2.19. The van der Waals surface area contributed by atoms with Crippen LogP contribution in [0, 0.1) is 0 Å². The fraction of sp³-hybridized carbons (Fsp3) is 0.545. The van der Waals surface area contributed by atoms with E-state index < -0.39 is 0 Å². The molecule has 0 saturated carbocycles. The van der Waals surface area contributed by atoms with Gasteiger partial charge in [0.1, 0.15) is 0 Å². The Morgan fingerprint density at radius 2 is 2.25 bits per heavy atom. The van der Waals surface area contributed by atoms with Gasteiger partial charge in [-0.25, -0.2) is 4.98 Å². The van der Waals surface area contributed by atoms with Crippen molar-refractivity contribution in [2.45, 2.75) is 20.4 Å². The van der Waals surface area contributed by atoms with Crippen LogP contribution >= 0.6 is 22.9 Å². The van der Waals surface area contributed by atoms with Gasteiger partial charge >= 0.3 is 0 Å². The molecule has 1 N–H and O–H groups in total. The lowest BCUT2D eigenvalue weighted by molar-refractivity contribution is 0.763. The minimum Gasteiger partial charge on any atom is -0.349 e. The van der Waals surface area contributed by atoms with Gasteiger partial charge in [-0.15, -0.1) is 11.3 Å². The average molecular weight is 260 g/mol. The van der Waals surface area contributed by atoms with Gasteiger partial charge in [-0.2, -0.15) is 0 Å². The average Bonchev–Trinajstić information content (AvgIpc) is 2.68. The van der Waals surface area contributed by atoms with E-state index >= 15 is 0 Å². The second kappa shape index (κ2) is 6.89. The maximum Gasteiger partial charge on any atom is 0.185 e. The predicted molar refractivity (Wildman–Crippen MR) is 72.4 cm³/mol. The normalized spacial score (nSPS) is 10.4. The van der Waals surface area contributed by atoms with Crippen LogP contribution in [0.25, 0.3) is 0 Å². The van der Waals surface area contributed by atoms with Crippen molar-refractivity contribution in [3.63, 3.8) is 0 Å². The number of halogens is 1. The molecule has 0 spiro atoms. The summed E-state index contributed by atoms with van der Waals surface area (Å²) in [7, 11) is 0. The maximum atomic E-state index is 5.67. The summed E-state index contributed by atoms with van der Waals surface area (Å²) in [6.07, 6.45) is 1.92. The number of rotatable bonds is 7.